The summed E-state index contributed by atoms with van der Waals surface area (Å²) >= 11 is 0. The summed E-state index contributed by atoms with van der Waals surface area (Å²) in [6, 6.07) is 5.20. The van der Waals surface area contributed by atoms with Crippen molar-refractivity contribution in [2.24, 2.45) is 0 Å². The van der Waals surface area contributed by atoms with Crippen LogP contribution in [0.2, 0.25) is 0 Å². The quantitative estimate of drug-likeness (QED) is 0.841. The Kier molecular flexibility index (Phi) is 5.61. The van der Waals surface area contributed by atoms with Gasteiger partial charge >= 0.3 is 0 Å². The summed E-state index contributed by atoms with van der Waals surface area (Å²) in [6.07, 6.45) is 0.947. The van der Waals surface area contributed by atoms with Crippen molar-refractivity contribution in [2.75, 3.05) is 31.7 Å². The monoisotopic (exact) mass is 282 g/mol. The average Bonchev–Trinajstić information content (AvgIpc) is 2.43. The second-order valence-electron chi connectivity index (χ2n) is 5.08. The zero-order chi connectivity index (χ0) is 14.4. The molecule has 20 heavy (non-hydrogen) atoms. The number of morpholine rings is 1. The lowest BCUT2D eigenvalue weighted by atomic mass is 10.1. The number of halogens is 1. The summed E-state index contributed by atoms with van der Waals surface area (Å²) in [5.41, 5.74) is 0.831. The molecule has 112 valence electrons. The molecule has 2 N–H and O–H groups in total. The van der Waals surface area contributed by atoms with E-state index < -0.39 is 0 Å². The van der Waals surface area contributed by atoms with Gasteiger partial charge in [-0.05, 0) is 32.4 Å². The van der Waals surface area contributed by atoms with Crippen molar-refractivity contribution in [3.8, 4) is 5.75 Å². The number of nitrogens with one attached hydrogen (secondary N) is 2. The first-order chi connectivity index (χ1) is 9.69. The first-order valence-corrected chi connectivity index (χ1v) is 7.19. The molecule has 0 amide bonds. The third kappa shape index (κ3) is 4.35. The van der Waals surface area contributed by atoms with Gasteiger partial charge in [-0.3, -0.25) is 0 Å². The second-order valence-corrected chi connectivity index (χ2v) is 5.08. The molecule has 0 bridgehead atoms. The van der Waals surface area contributed by atoms with Crippen LogP contribution >= 0.6 is 0 Å². The molecule has 0 spiro atoms. The molecule has 0 radical (unpaired) electrons. The van der Waals surface area contributed by atoms with Crippen LogP contribution < -0.4 is 15.4 Å². The van der Waals surface area contributed by atoms with Crippen LogP contribution in [0.4, 0.5) is 10.1 Å². The van der Waals surface area contributed by atoms with Crippen LogP contribution in [-0.4, -0.2) is 38.4 Å². The Hall–Kier alpha value is -1.33. The van der Waals surface area contributed by atoms with Gasteiger partial charge in [-0.15, -0.1) is 0 Å². The molecular weight excluding hydrogens is 259 g/mol. The molecular formula is C15H23FN2O2. The minimum atomic E-state index is -0.283. The summed E-state index contributed by atoms with van der Waals surface area (Å²) in [7, 11) is 0. The Morgan fingerprint density at radius 2 is 2.40 bits per heavy atom. The van der Waals surface area contributed by atoms with Gasteiger partial charge in [0.2, 0.25) is 0 Å². The molecule has 1 aliphatic rings. The molecule has 1 aliphatic heterocycles. The normalized spacial score (nSPS) is 20.4. The largest absolute Gasteiger partial charge is 0.492 e. The van der Waals surface area contributed by atoms with Crippen LogP contribution in [0, 0.1) is 5.82 Å². The first-order valence-electron chi connectivity index (χ1n) is 7.19. The molecule has 2 unspecified atom stereocenters. The highest BCUT2D eigenvalue weighted by molar-refractivity contribution is 5.57. The van der Waals surface area contributed by atoms with E-state index in [-0.39, 0.29) is 11.9 Å². The molecule has 0 saturated carbocycles. The highest BCUT2D eigenvalue weighted by Gasteiger charge is 2.17. The Morgan fingerprint density at radius 3 is 3.10 bits per heavy atom. The van der Waals surface area contributed by atoms with Gasteiger partial charge in [-0.2, -0.15) is 0 Å². The topological polar surface area (TPSA) is 42.5 Å². The van der Waals surface area contributed by atoms with Crippen molar-refractivity contribution >= 4 is 5.69 Å². The smallest absolute Gasteiger partial charge is 0.145 e. The zero-order valence-electron chi connectivity index (χ0n) is 12.1. The summed E-state index contributed by atoms with van der Waals surface area (Å²) in [6.45, 7) is 6.94. The van der Waals surface area contributed by atoms with Crippen LogP contribution in [0.1, 0.15) is 20.3 Å². The van der Waals surface area contributed by atoms with Crippen molar-refractivity contribution < 1.29 is 13.9 Å². The highest BCUT2D eigenvalue weighted by atomic mass is 19.1. The third-order valence-corrected chi connectivity index (χ3v) is 3.28. The maximum Gasteiger partial charge on any atom is 0.145 e. The molecule has 1 heterocycles. The predicted octanol–water partition coefficient (Wildman–Crippen LogP) is 2.40. The van der Waals surface area contributed by atoms with E-state index in [0.717, 1.165) is 31.9 Å². The van der Waals surface area contributed by atoms with Gasteiger partial charge in [0.25, 0.3) is 0 Å². The van der Waals surface area contributed by atoms with Crippen molar-refractivity contribution in [1.82, 2.24) is 5.32 Å². The number of ether oxygens (including phenoxy) is 2. The van der Waals surface area contributed by atoms with E-state index >= 15 is 0 Å². The highest BCUT2D eigenvalue weighted by Crippen LogP contribution is 2.26. The number of anilines is 1. The molecule has 1 aromatic carbocycles. The second kappa shape index (κ2) is 7.45. The Labute approximate surface area is 119 Å². The fourth-order valence-corrected chi connectivity index (χ4v) is 2.41. The van der Waals surface area contributed by atoms with Gasteiger partial charge in [0, 0.05) is 24.7 Å². The summed E-state index contributed by atoms with van der Waals surface area (Å²) in [5.74, 6) is 0.279. The zero-order valence-corrected chi connectivity index (χ0v) is 12.1. The summed E-state index contributed by atoms with van der Waals surface area (Å²) in [4.78, 5) is 0. The van der Waals surface area contributed by atoms with Crippen molar-refractivity contribution in [2.45, 2.75) is 32.4 Å². The molecule has 2 atom stereocenters. The number of benzene rings is 1. The standard InChI is InChI=1S/C15H23FN2O2/c1-3-20-15-9-12(16)4-5-14(15)18-11(2)8-13-10-19-7-6-17-13/h4-5,9,11,13,17-18H,3,6-8,10H2,1-2H3. The van der Waals surface area contributed by atoms with Crippen LogP contribution in [0.3, 0.4) is 0 Å². The van der Waals surface area contributed by atoms with E-state index in [4.69, 9.17) is 9.47 Å². The van der Waals surface area contributed by atoms with E-state index in [1.54, 1.807) is 6.07 Å². The van der Waals surface area contributed by atoms with Crippen LogP contribution in [-0.2, 0) is 4.74 Å². The van der Waals surface area contributed by atoms with E-state index in [2.05, 4.69) is 17.6 Å². The molecule has 1 saturated heterocycles. The molecule has 0 aromatic heterocycles. The van der Waals surface area contributed by atoms with Crippen molar-refractivity contribution in [3.63, 3.8) is 0 Å². The van der Waals surface area contributed by atoms with Crippen molar-refractivity contribution in [1.29, 1.82) is 0 Å². The van der Waals surface area contributed by atoms with Gasteiger partial charge < -0.3 is 20.1 Å². The summed E-state index contributed by atoms with van der Waals surface area (Å²) in [5, 5.41) is 6.81. The molecule has 5 heteroatoms. The Morgan fingerprint density at radius 1 is 1.55 bits per heavy atom. The lowest BCUT2D eigenvalue weighted by Crippen LogP contribution is -2.43. The van der Waals surface area contributed by atoms with E-state index in [0.29, 0.717) is 18.4 Å². The molecule has 4 nitrogen and oxygen atoms in total. The minimum absolute atomic E-state index is 0.249. The van der Waals surface area contributed by atoms with Crippen LogP contribution in [0.5, 0.6) is 5.75 Å². The average molecular weight is 282 g/mol. The maximum absolute atomic E-state index is 13.2. The molecule has 2 rings (SSSR count). The fraction of sp³-hybridized carbons (Fsp3) is 0.600. The number of rotatable bonds is 6. The minimum Gasteiger partial charge on any atom is -0.492 e. The van der Waals surface area contributed by atoms with Gasteiger partial charge in [0.1, 0.15) is 11.6 Å². The van der Waals surface area contributed by atoms with Gasteiger partial charge in [-0.25, -0.2) is 4.39 Å². The van der Waals surface area contributed by atoms with Gasteiger partial charge in [0.15, 0.2) is 0 Å². The molecule has 0 aliphatic carbocycles. The van der Waals surface area contributed by atoms with E-state index in [1.165, 1.54) is 12.1 Å². The molecule has 1 aromatic rings. The van der Waals surface area contributed by atoms with Crippen molar-refractivity contribution in [3.05, 3.63) is 24.0 Å². The first kappa shape index (κ1) is 15.1. The lowest BCUT2D eigenvalue weighted by molar-refractivity contribution is 0.0731. The van der Waals surface area contributed by atoms with Crippen LogP contribution in [0.15, 0.2) is 18.2 Å². The third-order valence-electron chi connectivity index (χ3n) is 3.28. The Balaban J connectivity index is 1.94. The van der Waals surface area contributed by atoms with Gasteiger partial charge in [-0.1, -0.05) is 0 Å². The van der Waals surface area contributed by atoms with Gasteiger partial charge in [0.05, 0.1) is 25.5 Å². The SMILES string of the molecule is CCOc1cc(F)ccc1NC(C)CC1COCCN1. The number of hydrogen-bond donors (Lipinski definition) is 2. The Bertz CT molecular complexity index is 422. The number of hydrogen-bond acceptors (Lipinski definition) is 4. The lowest BCUT2D eigenvalue weighted by Gasteiger charge is -2.27. The fourth-order valence-electron chi connectivity index (χ4n) is 2.41. The molecule has 1 fully saturated rings. The predicted molar refractivity (Wildman–Crippen MR) is 77.9 cm³/mol. The maximum atomic E-state index is 13.2. The summed E-state index contributed by atoms with van der Waals surface area (Å²) < 4.78 is 24.2. The van der Waals surface area contributed by atoms with E-state index in [1.807, 2.05) is 6.92 Å². The van der Waals surface area contributed by atoms with E-state index in [9.17, 15) is 4.39 Å². The van der Waals surface area contributed by atoms with Crippen LogP contribution in [0.25, 0.3) is 0 Å².